The lowest BCUT2D eigenvalue weighted by Gasteiger charge is -2.11. The van der Waals surface area contributed by atoms with Gasteiger partial charge in [0.05, 0.1) is 23.3 Å². The van der Waals surface area contributed by atoms with E-state index in [2.05, 4.69) is 15.3 Å². The molecule has 0 aliphatic heterocycles. The Morgan fingerprint density at radius 2 is 1.83 bits per heavy atom. The second-order valence-corrected chi connectivity index (χ2v) is 7.68. The van der Waals surface area contributed by atoms with Gasteiger partial charge in [0.2, 0.25) is 5.91 Å². The lowest BCUT2D eigenvalue weighted by atomic mass is 10.2. The molecule has 152 valence electrons. The van der Waals surface area contributed by atoms with Gasteiger partial charge in [0.15, 0.2) is 16.7 Å². The van der Waals surface area contributed by atoms with Crippen LogP contribution in [-0.4, -0.2) is 32.2 Å². The molecule has 1 atom stereocenters. The summed E-state index contributed by atoms with van der Waals surface area (Å²) in [5, 5.41) is 11.8. The fraction of sp³-hybridized carbons (Fsp3) is 0.0952. The van der Waals surface area contributed by atoms with E-state index in [9.17, 15) is 9.59 Å². The predicted molar refractivity (Wildman–Crippen MR) is 111 cm³/mol. The molecule has 0 bridgehead atoms. The average molecular weight is 423 g/mol. The Balaban J connectivity index is 1.52. The largest absolute Gasteiger partial charge is 0.478 e. The molecule has 1 unspecified atom stereocenters. The smallest absolute Gasteiger partial charge is 0.335 e. The van der Waals surface area contributed by atoms with Crippen LogP contribution in [0.1, 0.15) is 17.3 Å². The number of rotatable bonds is 7. The Bertz CT molecular complexity index is 1110. The summed E-state index contributed by atoms with van der Waals surface area (Å²) in [5.41, 5.74) is 1.75. The van der Waals surface area contributed by atoms with Gasteiger partial charge in [0.25, 0.3) is 0 Å². The van der Waals surface area contributed by atoms with Crippen LogP contribution in [0.5, 0.6) is 0 Å². The summed E-state index contributed by atoms with van der Waals surface area (Å²) in [6.45, 7) is 1.74. The number of hydrogen-bond acceptors (Lipinski definition) is 6. The molecular weight excluding hydrogens is 406 g/mol. The van der Waals surface area contributed by atoms with Crippen LogP contribution in [0.25, 0.3) is 22.9 Å². The zero-order chi connectivity index (χ0) is 21.1. The minimum absolute atomic E-state index is 0.102. The fourth-order valence-electron chi connectivity index (χ4n) is 2.79. The Hall–Kier alpha value is -3.72. The first-order valence-corrected chi connectivity index (χ1v) is 9.88. The molecule has 0 saturated carbocycles. The molecule has 0 saturated heterocycles. The molecular formula is C21H17N3O5S. The van der Waals surface area contributed by atoms with Crippen molar-refractivity contribution in [1.82, 2.24) is 9.97 Å². The number of benzene rings is 1. The third kappa shape index (κ3) is 4.15. The Labute approximate surface area is 175 Å². The van der Waals surface area contributed by atoms with Crippen LogP contribution in [0.3, 0.4) is 0 Å². The van der Waals surface area contributed by atoms with Crippen molar-refractivity contribution in [1.29, 1.82) is 0 Å². The van der Waals surface area contributed by atoms with E-state index < -0.39 is 11.2 Å². The summed E-state index contributed by atoms with van der Waals surface area (Å²) in [5.74, 6) is -0.159. The van der Waals surface area contributed by atoms with Gasteiger partial charge in [-0.05, 0) is 49.4 Å². The number of hydrogen-bond donors (Lipinski definition) is 3. The molecule has 3 N–H and O–H groups in total. The maximum absolute atomic E-state index is 12.6. The summed E-state index contributed by atoms with van der Waals surface area (Å²) in [6.07, 6.45) is 3.13. The fourth-order valence-corrected chi connectivity index (χ4v) is 3.60. The minimum atomic E-state index is -1.06. The number of carbonyl (C=O) groups is 2. The molecule has 0 fully saturated rings. The van der Waals surface area contributed by atoms with Gasteiger partial charge in [0, 0.05) is 5.69 Å². The van der Waals surface area contributed by atoms with Gasteiger partial charge in [-0.25, -0.2) is 9.78 Å². The van der Waals surface area contributed by atoms with Crippen LogP contribution < -0.4 is 5.32 Å². The minimum Gasteiger partial charge on any atom is -0.478 e. The zero-order valence-corrected chi connectivity index (χ0v) is 16.6. The van der Waals surface area contributed by atoms with Crippen molar-refractivity contribution in [2.75, 3.05) is 5.32 Å². The van der Waals surface area contributed by atoms with E-state index in [0.29, 0.717) is 33.8 Å². The first-order chi connectivity index (χ1) is 14.5. The number of H-pyrrole nitrogens is 1. The number of aromatic nitrogens is 2. The number of furan rings is 2. The van der Waals surface area contributed by atoms with Crippen LogP contribution in [0.15, 0.2) is 75.0 Å². The number of aromatic carboxylic acids is 1. The number of anilines is 1. The summed E-state index contributed by atoms with van der Waals surface area (Å²) in [4.78, 5) is 31.4. The Morgan fingerprint density at radius 3 is 2.50 bits per heavy atom. The molecule has 9 heteroatoms. The molecule has 3 aromatic heterocycles. The van der Waals surface area contributed by atoms with Gasteiger partial charge in [0.1, 0.15) is 11.4 Å². The molecule has 3 heterocycles. The summed E-state index contributed by atoms with van der Waals surface area (Å²) >= 11 is 1.23. The molecule has 8 nitrogen and oxygen atoms in total. The van der Waals surface area contributed by atoms with Gasteiger partial charge in [-0.3, -0.25) is 4.79 Å². The first-order valence-electron chi connectivity index (χ1n) is 9.00. The topological polar surface area (TPSA) is 121 Å². The van der Waals surface area contributed by atoms with E-state index in [4.69, 9.17) is 13.9 Å². The molecule has 30 heavy (non-hydrogen) atoms. The van der Waals surface area contributed by atoms with E-state index >= 15 is 0 Å². The van der Waals surface area contributed by atoms with E-state index in [1.54, 1.807) is 55.8 Å². The van der Waals surface area contributed by atoms with Crippen LogP contribution >= 0.6 is 11.8 Å². The Morgan fingerprint density at radius 1 is 1.10 bits per heavy atom. The highest BCUT2D eigenvalue weighted by atomic mass is 32.2. The molecule has 1 aromatic carbocycles. The normalized spacial score (nSPS) is 11.9. The quantitative estimate of drug-likeness (QED) is 0.367. The number of carbonyl (C=O) groups excluding carboxylic acids is 1. The lowest BCUT2D eigenvalue weighted by molar-refractivity contribution is -0.115. The van der Waals surface area contributed by atoms with Crippen molar-refractivity contribution >= 4 is 29.3 Å². The number of aromatic amines is 1. The highest BCUT2D eigenvalue weighted by Crippen LogP contribution is 2.34. The van der Waals surface area contributed by atoms with Crippen molar-refractivity contribution < 1.29 is 23.5 Å². The van der Waals surface area contributed by atoms with Crippen molar-refractivity contribution in [3.05, 3.63) is 66.6 Å². The van der Waals surface area contributed by atoms with Crippen LogP contribution in [-0.2, 0) is 4.79 Å². The predicted octanol–water partition coefficient (Wildman–Crippen LogP) is 4.75. The van der Waals surface area contributed by atoms with Crippen molar-refractivity contribution in [2.24, 2.45) is 0 Å². The molecule has 4 aromatic rings. The molecule has 0 aliphatic carbocycles. The van der Waals surface area contributed by atoms with Gasteiger partial charge in [-0.2, -0.15) is 0 Å². The molecule has 1 amide bonds. The zero-order valence-electron chi connectivity index (χ0n) is 15.8. The highest BCUT2D eigenvalue weighted by molar-refractivity contribution is 8.00. The SMILES string of the molecule is CC(Sc1nc(-c2ccco2)c(-c2ccco2)[nH]1)C(=O)Nc1cccc(C(=O)O)c1. The van der Waals surface area contributed by atoms with Gasteiger partial charge in [-0.15, -0.1) is 0 Å². The van der Waals surface area contributed by atoms with Crippen LogP contribution in [0.2, 0.25) is 0 Å². The second kappa shape index (κ2) is 8.34. The van der Waals surface area contributed by atoms with Gasteiger partial charge < -0.3 is 24.2 Å². The van der Waals surface area contributed by atoms with E-state index in [1.807, 2.05) is 0 Å². The lowest BCUT2D eigenvalue weighted by Crippen LogP contribution is -2.22. The van der Waals surface area contributed by atoms with Gasteiger partial charge in [-0.1, -0.05) is 17.8 Å². The number of imidazole rings is 1. The highest BCUT2D eigenvalue weighted by Gasteiger charge is 2.22. The Kier molecular flexibility index (Phi) is 5.44. The molecule has 4 rings (SSSR count). The van der Waals surface area contributed by atoms with E-state index in [0.717, 1.165) is 0 Å². The summed E-state index contributed by atoms with van der Waals surface area (Å²) < 4.78 is 11.0. The maximum atomic E-state index is 12.6. The number of nitrogens with one attached hydrogen (secondary N) is 2. The van der Waals surface area contributed by atoms with Crippen molar-refractivity contribution in [3.8, 4) is 22.9 Å². The molecule has 0 radical (unpaired) electrons. The van der Waals surface area contributed by atoms with Gasteiger partial charge >= 0.3 is 5.97 Å². The third-order valence-electron chi connectivity index (χ3n) is 4.24. The van der Waals surface area contributed by atoms with Crippen LogP contribution in [0.4, 0.5) is 5.69 Å². The molecule has 0 spiro atoms. The standard InChI is InChI=1S/C21H17N3O5S/c1-12(19(25)22-14-6-2-5-13(11-14)20(26)27)30-21-23-17(15-7-3-9-28-15)18(24-21)16-8-4-10-29-16/h2-12H,1H3,(H,22,25)(H,23,24)(H,26,27). The van der Waals surface area contributed by atoms with Crippen molar-refractivity contribution in [3.63, 3.8) is 0 Å². The van der Waals surface area contributed by atoms with E-state index in [1.165, 1.54) is 23.9 Å². The first kappa shape index (κ1) is 19.6. The third-order valence-corrected chi connectivity index (χ3v) is 5.22. The maximum Gasteiger partial charge on any atom is 0.335 e. The number of amides is 1. The number of carboxylic acids is 1. The van der Waals surface area contributed by atoms with Crippen molar-refractivity contribution in [2.45, 2.75) is 17.3 Å². The summed E-state index contributed by atoms with van der Waals surface area (Å²) in [7, 11) is 0. The monoisotopic (exact) mass is 423 g/mol. The average Bonchev–Trinajstić information content (AvgIpc) is 3.48. The number of carboxylic acid groups (broad SMARTS) is 1. The molecule has 0 aliphatic rings. The number of nitrogens with zero attached hydrogens (tertiary/aromatic N) is 1. The second-order valence-electron chi connectivity index (χ2n) is 6.36. The van der Waals surface area contributed by atoms with E-state index in [-0.39, 0.29) is 11.5 Å². The van der Waals surface area contributed by atoms with Crippen LogP contribution in [0, 0.1) is 0 Å². The number of thioether (sulfide) groups is 1. The summed E-state index contributed by atoms with van der Waals surface area (Å²) in [6, 6.07) is 13.2.